The first-order valence-corrected chi connectivity index (χ1v) is 11.6. The molecule has 1 atom stereocenters. The van der Waals surface area contributed by atoms with Crippen molar-refractivity contribution in [1.82, 2.24) is 5.32 Å². The topological polar surface area (TPSA) is 73.9 Å². The summed E-state index contributed by atoms with van der Waals surface area (Å²) in [4.78, 5) is 26.6. The summed E-state index contributed by atoms with van der Waals surface area (Å²) in [5, 5.41) is 3.31. The molecule has 2 aromatic rings. The molecule has 0 radical (unpaired) electrons. The maximum atomic E-state index is 13.6. The quantitative estimate of drug-likeness (QED) is 0.294. The van der Waals surface area contributed by atoms with Crippen molar-refractivity contribution in [3.63, 3.8) is 0 Å². The number of esters is 1. The highest BCUT2D eigenvalue weighted by Gasteiger charge is 2.43. The Hall–Kier alpha value is -3.07. The van der Waals surface area contributed by atoms with Crippen LogP contribution in [0.2, 0.25) is 0 Å². The summed E-state index contributed by atoms with van der Waals surface area (Å²) in [6, 6.07) is 11.2. The first-order valence-electron chi connectivity index (χ1n) is 10.6. The molecular formula is C26H24INO5. The number of hydrogen-bond donors (Lipinski definition) is 1. The average Bonchev–Trinajstić information content (AvgIpc) is 3.08. The number of carbonyl (C=O) groups is 2. The Bertz CT molecular complexity index is 1230. The second-order valence-corrected chi connectivity index (χ2v) is 8.78. The highest BCUT2D eigenvalue weighted by atomic mass is 127. The summed E-state index contributed by atoms with van der Waals surface area (Å²) in [5.41, 5.74) is 4.52. The molecule has 0 amide bonds. The summed E-state index contributed by atoms with van der Waals surface area (Å²) < 4.78 is 17.6. The number of hydrogen-bond acceptors (Lipinski definition) is 6. The van der Waals surface area contributed by atoms with Gasteiger partial charge in [0, 0.05) is 28.3 Å². The van der Waals surface area contributed by atoms with Crippen molar-refractivity contribution in [1.29, 1.82) is 0 Å². The Morgan fingerprint density at radius 2 is 1.97 bits per heavy atom. The predicted molar refractivity (Wildman–Crippen MR) is 134 cm³/mol. The van der Waals surface area contributed by atoms with Crippen LogP contribution in [0.25, 0.3) is 5.70 Å². The zero-order chi connectivity index (χ0) is 23.7. The van der Waals surface area contributed by atoms with Crippen LogP contribution in [-0.2, 0) is 9.53 Å². The van der Waals surface area contributed by atoms with Gasteiger partial charge in [0.15, 0.2) is 17.3 Å². The van der Waals surface area contributed by atoms with Crippen LogP contribution in [0, 0.1) is 3.57 Å². The van der Waals surface area contributed by atoms with Gasteiger partial charge in [0.25, 0.3) is 0 Å². The molecule has 0 saturated carbocycles. The Balaban J connectivity index is 1.93. The van der Waals surface area contributed by atoms with Crippen molar-refractivity contribution in [3.05, 3.63) is 86.2 Å². The van der Waals surface area contributed by atoms with Crippen molar-refractivity contribution >= 4 is 40.0 Å². The maximum Gasteiger partial charge on any atom is 0.336 e. The van der Waals surface area contributed by atoms with Crippen molar-refractivity contribution in [2.45, 2.75) is 19.8 Å². The molecule has 2 aromatic carbocycles. The number of rotatable bonds is 7. The highest BCUT2D eigenvalue weighted by Crippen LogP contribution is 2.48. The normalized spacial score (nSPS) is 16.7. The van der Waals surface area contributed by atoms with E-state index in [1.54, 1.807) is 20.1 Å². The Kier molecular flexibility index (Phi) is 6.60. The molecule has 33 heavy (non-hydrogen) atoms. The molecule has 0 saturated heterocycles. The minimum absolute atomic E-state index is 0.103. The van der Waals surface area contributed by atoms with Crippen LogP contribution in [0.15, 0.2) is 65.9 Å². The van der Waals surface area contributed by atoms with Gasteiger partial charge in [0.1, 0.15) is 6.61 Å². The third-order valence-electron chi connectivity index (χ3n) is 5.67. The summed E-state index contributed by atoms with van der Waals surface area (Å²) in [5.74, 6) is -0.0687. The van der Waals surface area contributed by atoms with Crippen LogP contribution in [0.1, 0.15) is 41.3 Å². The Labute approximate surface area is 206 Å². The minimum Gasteiger partial charge on any atom is -0.493 e. The van der Waals surface area contributed by atoms with E-state index >= 15 is 0 Å². The molecule has 170 valence electrons. The third-order valence-corrected chi connectivity index (χ3v) is 6.48. The van der Waals surface area contributed by atoms with Gasteiger partial charge in [-0.15, -0.1) is 0 Å². The summed E-state index contributed by atoms with van der Waals surface area (Å²) in [7, 11) is 1.56. The molecule has 0 unspecified atom stereocenters. The molecule has 1 heterocycles. The minimum atomic E-state index is -0.615. The van der Waals surface area contributed by atoms with Gasteiger partial charge >= 0.3 is 5.97 Å². The van der Waals surface area contributed by atoms with E-state index in [0.29, 0.717) is 40.5 Å². The molecule has 7 heteroatoms. The van der Waals surface area contributed by atoms with E-state index in [0.717, 1.165) is 20.4 Å². The van der Waals surface area contributed by atoms with Gasteiger partial charge in [0.2, 0.25) is 0 Å². The number of ether oxygens (including phenoxy) is 3. The smallest absolute Gasteiger partial charge is 0.336 e. The van der Waals surface area contributed by atoms with E-state index in [1.165, 1.54) is 0 Å². The average molecular weight is 557 g/mol. The van der Waals surface area contributed by atoms with Crippen molar-refractivity contribution in [3.8, 4) is 11.5 Å². The standard InChI is InChI=1S/C26H24INO5/c1-5-11-33-25-18(27)12-15(13-19(25)31-4)21-20(26(30)32-6-2)14(3)28-23-16-9-7-8-10-17(16)24(29)22(21)23/h5,7-10,12-13,21,28H,1,6,11H2,2-4H3/t21-/m0/s1. The van der Waals surface area contributed by atoms with Gasteiger partial charge in [-0.3, -0.25) is 4.79 Å². The van der Waals surface area contributed by atoms with Crippen LogP contribution in [-0.4, -0.2) is 32.1 Å². The fourth-order valence-electron chi connectivity index (χ4n) is 4.33. The number of fused-ring (bicyclic) bond motifs is 2. The van der Waals surface area contributed by atoms with E-state index in [4.69, 9.17) is 14.2 Å². The van der Waals surface area contributed by atoms with Gasteiger partial charge in [0.05, 0.1) is 28.6 Å². The first kappa shape index (κ1) is 23.1. The predicted octanol–water partition coefficient (Wildman–Crippen LogP) is 5.00. The third kappa shape index (κ3) is 3.94. The lowest BCUT2D eigenvalue weighted by atomic mass is 9.79. The van der Waals surface area contributed by atoms with Gasteiger partial charge in [-0.1, -0.05) is 36.9 Å². The number of carbonyl (C=O) groups excluding carboxylic acids is 2. The van der Waals surface area contributed by atoms with Crippen LogP contribution in [0.4, 0.5) is 0 Å². The van der Waals surface area contributed by atoms with E-state index in [1.807, 2.05) is 43.3 Å². The van der Waals surface area contributed by atoms with Crippen LogP contribution in [0.5, 0.6) is 11.5 Å². The molecule has 0 aromatic heterocycles. The number of benzene rings is 2. The molecule has 2 aliphatic rings. The SMILES string of the molecule is C=CCOc1c(I)cc([C@H]2C(C(=O)OCC)=C(C)NC3=C2C(=O)c2ccccc23)cc1OC. The summed E-state index contributed by atoms with van der Waals surface area (Å²) in [6.07, 6.45) is 1.66. The Morgan fingerprint density at radius 3 is 2.64 bits per heavy atom. The van der Waals surface area contributed by atoms with E-state index in [-0.39, 0.29) is 12.4 Å². The molecule has 1 aliphatic carbocycles. The fraction of sp³-hybridized carbons (Fsp3) is 0.231. The van der Waals surface area contributed by atoms with Gasteiger partial charge in [-0.05, 0) is 54.1 Å². The zero-order valence-electron chi connectivity index (χ0n) is 18.7. The van der Waals surface area contributed by atoms with Crippen LogP contribution in [0.3, 0.4) is 0 Å². The second-order valence-electron chi connectivity index (χ2n) is 7.61. The number of ketones is 1. The lowest BCUT2D eigenvalue weighted by molar-refractivity contribution is -0.138. The van der Waals surface area contributed by atoms with Crippen LogP contribution >= 0.6 is 22.6 Å². The summed E-state index contributed by atoms with van der Waals surface area (Å²) >= 11 is 2.17. The largest absolute Gasteiger partial charge is 0.493 e. The maximum absolute atomic E-state index is 13.6. The molecule has 4 rings (SSSR count). The second kappa shape index (κ2) is 9.43. The molecule has 1 N–H and O–H groups in total. The Morgan fingerprint density at radius 1 is 1.24 bits per heavy atom. The molecule has 0 spiro atoms. The van der Waals surface area contributed by atoms with Gasteiger partial charge in [-0.25, -0.2) is 4.79 Å². The van der Waals surface area contributed by atoms with Crippen molar-refractivity contribution in [2.75, 3.05) is 20.3 Å². The number of dihydropyridines is 1. The zero-order valence-corrected chi connectivity index (χ0v) is 20.8. The lowest BCUT2D eigenvalue weighted by Gasteiger charge is -2.29. The number of allylic oxidation sites excluding steroid dienone is 2. The van der Waals surface area contributed by atoms with Crippen LogP contribution < -0.4 is 14.8 Å². The number of halogens is 1. The molecule has 0 fully saturated rings. The van der Waals surface area contributed by atoms with E-state index in [9.17, 15) is 9.59 Å². The van der Waals surface area contributed by atoms with E-state index in [2.05, 4.69) is 34.5 Å². The monoisotopic (exact) mass is 557 g/mol. The van der Waals surface area contributed by atoms with E-state index < -0.39 is 11.9 Å². The van der Waals surface area contributed by atoms with Gasteiger partial charge in [-0.2, -0.15) is 0 Å². The highest BCUT2D eigenvalue weighted by molar-refractivity contribution is 14.1. The molecule has 1 aliphatic heterocycles. The fourth-order valence-corrected chi connectivity index (χ4v) is 5.11. The molecule has 0 bridgehead atoms. The van der Waals surface area contributed by atoms with Crippen molar-refractivity contribution in [2.24, 2.45) is 0 Å². The first-order chi connectivity index (χ1) is 15.9. The molecular weight excluding hydrogens is 533 g/mol. The van der Waals surface area contributed by atoms with Gasteiger partial charge < -0.3 is 19.5 Å². The van der Waals surface area contributed by atoms with Crippen molar-refractivity contribution < 1.29 is 23.8 Å². The number of nitrogens with one attached hydrogen (secondary N) is 1. The number of methoxy groups -OCH3 is 1. The lowest BCUT2D eigenvalue weighted by Crippen LogP contribution is -2.29. The number of Topliss-reactive ketones (excluding diaryl/α,β-unsaturated/α-hetero) is 1. The summed E-state index contributed by atoms with van der Waals surface area (Å²) in [6.45, 7) is 7.85. The molecule has 6 nitrogen and oxygen atoms in total.